The van der Waals surface area contributed by atoms with Crippen LogP contribution in [0, 0.1) is 0 Å². The number of nitrogens with two attached hydrogens (primary N) is 1. The number of rotatable bonds is 4. The van der Waals surface area contributed by atoms with Gasteiger partial charge in [-0.2, -0.15) is 4.98 Å². The SMILES string of the molecule is CCCN(CC)c1nccc(N)n1. The maximum absolute atomic E-state index is 5.57. The molecule has 0 saturated carbocycles. The van der Waals surface area contributed by atoms with E-state index >= 15 is 0 Å². The van der Waals surface area contributed by atoms with Gasteiger partial charge < -0.3 is 10.6 Å². The topological polar surface area (TPSA) is 55.0 Å². The van der Waals surface area contributed by atoms with Gasteiger partial charge >= 0.3 is 0 Å². The average Bonchev–Trinajstić information content (AvgIpc) is 2.14. The van der Waals surface area contributed by atoms with Gasteiger partial charge in [0.25, 0.3) is 0 Å². The Morgan fingerprint density at radius 1 is 1.46 bits per heavy atom. The van der Waals surface area contributed by atoms with Crippen LogP contribution in [0.5, 0.6) is 0 Å². The summed E-state index contributed by atoms with van der Waals surface area (Å²) in [5, 5.41) is 0. The number of nitrogens with zero attached hydrogens (tertiary/aromatic N) is 3. The minimum atomic E-state index is 0.527. The molecule has 1 aromatic rings. The molecule has 2 N–H and O–H groups in total. The number of nitrogen functional groups attached to an aromatic ring is 1. The van der Waals surface area contributed by atoms with Crippen molar-refractivity contribution >= 4 is 11.8 Å². The Morgan fingerprint density at radius 2 is 2.23 bits per heavy atom. The van der Waals surface area contributed by atoms with Crippen LogP contribution in [0.3, 0.4) is 0 Å². The van der Waals surface area contributed by atoms with E-state index in [0.29, 0.717) is 5.82 Å². The van der Waals surface area contributed by atoms with Gasteiger partial charge in [-0.3, -0.25) is 0 Å². The van der Waals surface area contributed by atoms with Gasteiger partial charge in [-0.15, -0.1) is 0 Å². The normalized spacial score (nSPS) is 10.0. The highest BCUT2D eigenvalue weighted by Crippen LogP contribution is 2.08. The summed E-state index contributed by atoms with van der Waals surface area (Å²) in [6, 6.07) is 1.70. The van der Waals surface area contributed by atoms with Crippen molar-refractivity contribution in [3.05, 3.63) is 12.3 Å². The van der Waals surface area contributed by atoms with Crippen LogP contribution < -0.4 is 10.6 Å². The van der Waals surface area contributed by atoms with Crippen molar-refractivity contribution in [2.45, 2.75) is 20.3 Å². The molecular weight excluding hydrogens is 164 g/mol. The van der Waals surface area contributed by atoms with Crippen molar-refractivity contribution < 1.29 is 0 Å². The first-order chi connectivity index (χ1) is 6.27. The Morgan fingerprint density at radius 3 is 2.77 bits per heavy atom. The molecule has 0 unspecified atom stereocenters. The quantitative estimate of drug-likeness (QED) is 0.758. The first-order valence-electron chi connectivity index (χ1n) is 4.61. The van der Waals surface area contributed by atoms with Crippen molar-refractivity contribution in [2.24, 2.45) is 0 Å². The number of hydrogen-bond donors (Lipinski definition) is 1. The molecule has 0 spiro atoms. The lowest BCUT2D eigenvalue weighted by atomic mass is 10.4. The van der Waals surface area contributed by atoms with Crippen LogP contribution >= 0.6 is 0 Å². The highest BCUT2D eigenvalue weighted by molar-refractivity contribution is 5.37. The summed E-state index contributed by atoms with van der Waals surface area (Å²) in [6.07, 6.45) is 2.78. The molecule has 0 saturated heterocycles. The summed E-state index contributed by atoms with van der Waals surface area (Å²) in [6.45, 7) is 6.11. The molecule has 0 amide bonds. The molecule has 1 aromatic heterocycles. The molecule has 1 heterocycles. The third-order valence-corrected chi connectivity index (χ3v) is 1.82. The molecule has 4 heteroatoms. The Labute approximate surface area is 78.8 Å². The van der Waals surface area contributed by atoms with E-state index in [-0.39, 0.29) is 0 Å². The van der Waals surface area contributed by atoms with Crippen LogP contribution in [0.2, 0.25) is 0 Å². The minimum Gasteiger partial charge on any atom is -0.384 e. The monoisotopic (exact) mass is 180 g/mol. The van der Waals surface area contributed by atoms with Crippen LogP contribution in [-0.4, -0.2) is 23.1 Å². The Hall–Kier alpha value is -1.32. The third kappa shape index (κ3) is 2.57. The summed E-state index contributed by atoms with van der Waals surface area (Å²) in [7, 11) is 0. The van der Waals surface area contributed by atoms with E-state index in [9.17, 15) is 0 Å². The molecular formula is C9H16N4. The van der Waals surface area contributed by atoms with Gasteiger partial charge in [0.1, 0.15) is 5.82 Å². The predicted octanol–water partition coefficient (Wildman–Crippen LogP) is 1.30. The minimum absolute atomic E-state index is 0.527. The first kappa shape index (κ1) is 9.77. The Kier molecular flexibility index (Phi) is 3.49. The van der Waals surface area contributed by atoms with Crippen molar-refractivity contribution in [2.75, 3.05) is 23.7 Å². The van der Waals surface area contributed by atoms with E-state index in [0.717, 1.165) is 25.5 Å². The zero-order valence-corrected chi connectivity index (χ0v) is 8.20. The highest BCUT2D eigenvalue weighted by Gasteiger charge is 2.05. The first-order valence-corrected chi connectivity index (χ1v) is 4.61. The van der Waals surface area contributed by atoms with Gasteiger partial charge in [-0.25, -0.2) is 4.98 Å². The summed E-state index contributed by atoms with van der Waals surface area (Å²) in [5.41, 5.74) is 5.57. The second-order valence-corrected chi connectivity index (χ2v) is 2.86. The van der Waals surface area contributed by atoms with Gasteiger partial charge in [-0.05, 0) is 19.4 Å². The van der Waals surface area contributed by atoms with Crippen LogP contribution in [0.25, 0.3) is 0 Å². The average molecular weight is 180 g/mol. The van der Waals surface area contributed by atoms with E-state index in [2.05, 4.69) is 28.7 Å². The fourth-order valence-corrected chi connectivity index (χ4v) is 1.18. The molecule has 0 aromatic carbocycles. The third-order valence-electron chi connectivity index (χ3n) is 1.82. The molecule has 0 radical (unpaired) electrons. The van der Waals surface area contributed by atoms with Crippen LogP contribution in [0.15, 0.2) is 12.3 Å². The largest absolute Gasteiger partial charge is 0.384 e. The maximum atomic E-state index is 5.57. The fourth-order valence-electron chi connectivity index (χ4n) is 1.18. The number of aromatic nitrogens is 2. The van der Waals surface area contributed by atoms with Gasteiger partial charge in [0.05, 0.1) is 0 Å². The number of anilines is 2. The van der Waals surface area contributed by atoms with Gasteiger partial charge in [0.15, 0.2) is 0 Å². The van der Waals surface area contributed by atoms with Crippen LogP contribution in [0.1, 0.15) is 20.3 Å². The molecule has 0 atom stereocenters. The Bertz CT molecular complexity index is 262. The van der Waals surface area contributed by atoms with Crippen LogP contribution in [0.4, 0.5) is 11.8 Å². The van der Waals surface area contributed by atoms with E-state index in [1.807, 2.05) is 0 Å². The lowest BCUT2D eigenvalue weighted by Crippen LogP contribution is -2.25. The molecule has 13 heavy (non-hydrogen) atoms. The van der Waals surface area contributed by atoms with E-state index < -0.39 is 0 Å². The van der Waals surface area contributed by atoms with Gasteiger partial charge in [0.2, 0.25) is 5.95 Å². The smallest absolute Gasteiger partial charge is 0.227 e. The molecule has 1 rings (SSSR count). The summed E-state index contributed by atoms with van der Waals surface area (Å²) in [5.74, 6) is 1.25. The summed E-state index contributed by atoms with van der Waals surface area (Å²) < 4.78 is 0. The second kappa shape index (κ2) is 4.64. The molecule has 72 valence electrons. The van der Waals surface area contributed by atoms with Crippen molar-refractivity contribution in [3.8, 4) is 0 Å². The summed E-state index contributed by atoms with van der Waals surface area (Å²) in [4.78, 5) is 10.4. The second-order valence-electron chi connectivity index (χ2n) is 2.86. The summed E-state index contributed by atoms with van der Waals surface area (Å²) >= 11 is 0. The predicted molar refractivity (Wildman–Crippen MR) is 54.6 cm³/mol. The lowest BCUT2D eigenvalue weighted by Gasteiger charge is -2.19. The van der Waals surface area contributed by atoms with E-state index in [4.69, 9.17) is 5.73 Å². The fraction of sp³-hybridized carbons (Fsp3) is 0.556. The lowest BCUT2D eigenvalue weighted by molar-refractivity contribution is 0.763. The molecule has 4 nitrogen and oxygen atoms in total. The standard InChI is InChI=1S/C9H16N4/c1-3-7-13(4-2)9-11-6-5-8(10)12-9/h5-6H,3-4,7H2,1-2H3,(H2,10,11,12). The van der Waals surface area contributed by atoms with E-state index in [1.165, 1.54) is 0 Å². The number of hydrogen-bond acceptors (Lipinski definition) is 4. The van der Waals surface area contributed by atoms with Crippen molar-refractivity contribution in [1.82, 2.24) is 9.97 Å². The molecule has 0 fully saturated rings. The maximum Gasteiger partial charge on any atom is 0.227 e. The molecule has 0 aliphatic carbocycles. The molecule has 0 aliphatic heterocycles. The van der Waals surface area contributed by atoms with Crippen molar-refractivity contribution in [1.29, 1.82) is 0 Å². The van der Waals surface area contributed by atoms with Crippen LogP contribution in [-0.2, 0) is 0 Å². The highest BCUT2D eigenvalue weighted by atomic mass is 15.2. The zero-order chi connectivity index (χ0) is 9.68. The van der Waals surface area contributed by atoms with Gasteiger partial charge in [0, 0.05) is 19.3 Å². The van der Waals surface area contributed by atoms with E-state index in [1.54, 1.807) is 12.3 Å². The zero-order valence-electron chi connectivity index (χ0n) is 8.20. The Balaban J connectivity index is 2.78. The molecule has 0 bridgehead atoms. The van der Waals surface area contributed by atoms with Crippen molar-refractivity contribution in [3.63, 3.8) is 0 Å². The molecule has 0 aliphatic rings. The van der Waals surface area contributed by atoms with Gasteiger partial charge in [-0.1, -0.05) is 6.92 Å².